The first-order chi connectivity index (χ1) is 43.6. The summed E-state index contributed by atoms with van der Waals surface area (Å²) in [4.78, 5) is 137. The molecule has 1 saturated heterocycles. The molecule has 15 N–H and O–H groups in total. The lowest BCUT2D eigenvalue weighted by molar-refractivity contribution is -0.126. The minimum absolute atomic E-state index is 0.00793. The van der Waals surface area contributed by atoms with Gasteiger partial charge in [-0.05, 0) is 223 Å². The van der Waals surface area contributed by atoms with E-state index in [1.807, 2.05) is 0 Å². The standard InChI is InChI=1S/C54H66I9N9O21/c1-67(13-22(79)16-73)49(88)28-34(55)31(40(61)43(37(28)58)64-46(85)25(82)19-76)52(91)70-7-4-9-71(53(92)32-35(56)29(50(89)68(2)14-23(80)17-74)38(59)44(41(32)62)65-47(86)26(83)20-77)11-6-12-72(10-5-8-70)54(93)33-36(57)30(51(90)69(3)15-24(81)18-75)39(60)45(42(33)63)66-48(87)27(84)21-78/h22-27,73-84H,4-21H2,1-3H3,(H,64,85)(H,65,86)(H,66,87). The number of halogens is 9. The lowest BCUT2D eigenvalue weighted by Crippen LogP contribution is -2.43. The number of aliphatic hydroxyl groups is 12. The molecule has 1 fully saturated rings. The average Bonchev–Trinajstić information content (AvgIpc) is 0.777. The van der Waals surface area contributed by atoms with Crippen molar-refractivity contribution in [3.8, 4) is 0 Å². The number of benzene rings is 3. The van der Waals surface area contributed by atoms with Crippen LogP contribution < -0.4 is 16.0 Å². The molecule has 0 saturated carbocycles. The molecule has 0 bridgehead atoms. The van der Waals surface area contributed by atoms with Gasteiger partial charge in [0.1, 0.15) is 0 Å². The molecule has 3 aromatic rings. The maximum atomic E-state index is 15.6. The fourth-order valence-corrected chi connectivity index (χ4v) is 22.1. The highest BCUT2D eigenvalue weighted by Crippen LogP contribution is 2.41. The molecular formula is C54H66I9N9O21. The van der Waals surface area contributed by atoms with Gasteiger partial charge in [0.25, 0.3) is 53.2 Å². The van der Waals surface area contributed by atoms with Gasteiger partial charge in [0.05, 0.1) is 130 Å². The first-order valence-corrected chi connectivity index (χ1v) is 37.3. The molecule has 30 nitrogen and oxygen atoms in total. The Bertz CT molecular complexity index is 2980. The summed E-state index contributed by atoms with van der Waals surface area (Å²) < 4.78 is 0.624. The largest absolute Gasteiger partial charge is 0.394 e. The van der Waals surface area contributed by atoms with Crippen LogP contribution in [0.15, 0.2) is 0 Å². The van der Waals surface area contributed by atoms with Gasteiger partial charge in [-0.3, -0.25) is 43.2 Å². The number of aliphatic hydroxyl groups excluding tert-OH is 12. The van der Waals surface area contributed by atoms with Crippen LogP contribution in [0, 0.1) is 32.1 Å². The topological polar surface area (TPSA) is 452 Å². The van der Waals surface area contributed by atoms with E-state index < -0.39 is 129 Å². The molecule has 1 aliphatic heterocycles. The molecule has 1 heterocycles. The Hall–Kier alpha value is -1.02. The van der Waals surface area contributed by atoms with E-state index in [2.05, 4.69) is 16.0 Å². The number of rotatable bonds is 24. The smallest absolute Gasteiger partial charge is 0.256 e. The highest BCUT2D eigenvalue weighted by Gasteiger charge is 2.38. The molecule has 6 atom stereocenters. The Morgan fingerprint density at radius 2 is 0.538 bits per heavy atom. The van der Waals surface area contributed by atoms with E-state index >= 15 is 14.4 Å². The van der Waals surface area contributed by atoms with E-state index in [1.54, 1.807) is 203 Å². The van der Waals surface area contributed by atoms with Gasteiger partial charge in [0.2, 0.25) is 0 Å². The monoisotopic (exact) mass is 2320 g/mol. The third kappa shape index (κ3) is 21.1. The minimum atomic E-state index is -1.95. The lowest BCUT2D eigenvalue weighted by atomic mass is 10.0. The van der Waals surface area contributed by atoms with E-state index in [-0.39, 0.29) is 161 Å². The predicted molar refractivity (Wildman–Crippen MR) is 411 cm³/mol. The second-order valence-corrected chi connectivity index (χ2v) is 30.5. The Morgan fingerprint density at radius 3 is 0.720 bits per heavy atom. The summed E-state index contributed by atoms with van der Waals surface area (Å²) in [6.45, 7) is -7.32. The van der Waals surface area contributed by atoms with Crippen LogP contribution in [0.3, 0.4) is 0 Å². The number of anilines is 3. The summed E-state index contributed by atoms with van der Waals surface area (Å²) >= 11 is 16.1. The lowest BCUT2D eigenvalue weighted by Gasteiger charge is -2.32. The maximum absolute atomic E-state index is 15.6. The van der Waals surface area contributed by atoms with Crippen molar-refractivity contribution < 1.29 is 104 Å². The van der Waals surface area contributed by atoms with Crippen molar-refractivity contribution in [2.45, 2.75) is 55.9 Å². The predicted octanol–water partition coefficient (Wildman–Crippen LogP) is 0.190. The maximum Gasteiger partial charge on any atom is 0.256 e. The third-order valence-electron chi connectivity index (χ3n) is 14.0. The van der Waals surface area contributed by atoms with Crippen LogP contribution in [0.4, 0.5) is 17.1 Å². The summed E-state index contributed by atoms with van der Waals surface area (Å²) in [5.41, 5.74) is -1.21. The van der Waals surface area contributed by atoms with Crippen LogP contribution in [-0.2, 0) is 14.4 Å². The number of carbonyl (C=O) groups excluding carboxylic acids is 9. The molecule has 4 rings (SSSR count). The first kappa shape index (κ1) is 84.4. The minimum Gasteiger partial charge on any atom is -0.394 e. The van der Waals surface area contributed by atoms with Gasteiger partial charge in [-0.25, -0.2) is 0 Å². The summed E-state index contributed by atoms with van der Waals surface area (Å²) in [5, 5.41) is 128. The SMILES string of the molecule is CN(CC(O)CO)C(=O)c1c(I)c(NC(=O)C(O)CO)c(I)c(C(=O)N2CCCN(C(=O)c3c(I)c(NC(=O)C(O)CO)c(I)c(C(=O)N(C)CC(O)CO)c3I)CCCN(C(=O)c3c(I)c(NC(=O)C(O)CO)c(I)c(C(=O)N(C)CC(O)CO)c3I)CCC2)c1I. The van der Waals surface area contributed by atoms with Crippen molar-refractivity contribution in [3.63, 3.8) is 0 Å². The molecule has 0 radical (unpaired) electrons. The second-order valence-electron chi connectivity index (χ2n) is 20.8. The molecule has 1 aliphatic rings. The third-order valence-corrected chi connectivity index (χ3v) is 23.7. The van der Waals surface area contributed by atoms with Crippen molar-refractivity contribution in [1.29, 1.82) is 0 Å². The Kier molecular flexibility index (Phi) is 35.6. The van der Waals surface area contributed by atoms with Crippen molar-refractivity contribution in [2.75, 3.05) is 136 Å². The molecule has 6 unspecified atom stereocenters. The van der Waals surface area contributed by atoms with Crippen molar-refractivity contribution in [1.82, 2.24) is 29.4 Å². The van der Waals surface area contributed by atoms with Crippen molar-refractivity contribution in [2.24, 2.45) is 0 Å². The van der Waals surface area contributed by atoms with Gasteiger partial charge in [-0.15, -0.1) is 0 Å². The average molecular weight is 2320 g/mol. The highest BCUT2D eigenvalue weighted by atomic mass is 127. The summed E-state index contributed by atoms with van der Waals surface area (Å²) in [6, 6.07) is 0. The van der Waals surface area contributed by atoms with Crippen LogP contribution in [-0.4, -0.2) is 300 Å². The summed E-state index contributed by atoms with van der Waals surface area (Å²) in [5.74, 6) is -7.88. The van der Waals surface area contributed by atoms with E-state index in [4.69, 9.17) is 0 Å². The fraction of sp³-hybridized carbons (Fsp3) is 0.500. The number of hydrogen-bond donors (Lipinski definition) is 15. The number of carbonyl (C=O) groups is 9. The van der Waals surface area contributed by atoms with Crippen molar-refractivity contribution in [3.05, 3.63) is 65.5 Å². The van der Waals surface area contributed by atoms with Crippen LogP contribution in [0.2, 0.25) is 0 Å². The number of nitrogens with one attached hydrogen (secondary N) is 3. The zero-order chi connectivity index (χ0) is 70.4. The molecule has 0 aliphatic carbocycles. The van der Waals surface area contributed by atoms with Gasteiger partial charge in [-0.2, -0.15) is 0 Å². The normalized spacial score (nSPS) is 15.2. The Labute approximate surface area is 655 Å². The van der Waals surface area contributed by atoms with Gasteiger partial charge in [0.15, 0.2) is 18.3 Å². The zero-order valence-corrected chi connectivity index (χ0v) is 68.7. The number of likely N-dealkylation sites (N-methyl/N-ethyl adjacent to an activating group) is 3. The van der Waals surface area contributed by atoms with Gasteiger partial charge in [-0.1, -0.05) is 0 Å². The number of hydrogen-bond acceptors (Lipinski definition) is 21. The number of amides is 9. The first-order valence-electron chi connectivity index (χ1n) is 27.6. The van der Waals surface area contributed by atoms with Crippen molar-refractivity contribution >= 4 is 274 Å². The fourth-order valence-electron chi connectivity index (χ4n) is 9.04. The van der Waals surface area contributed by atoms with E-state index in [9.17, 15) is 90.0 Å². The van der Waals surface area contributed by atoms with Crippen LogP contribution in [0.5, 0.6) is 0 Å². The summed E-state index contributed by atoms with van der Waals surface area (Å²) in [6.07, 6.45) is -9.99. The molecule has 3 aromatic carbocycles. The van der Waals surface area contributed by atoms with Crippen LogP contribution in [0.25, 0.3) is 0 Å². The molecule has 0 spiro atoms. The van der Waals surface area contributed by atoms with Crippen LogP contribution >= 0.6 is 203 Å². The van der Waals surface area contributed by atoms with Gasteiger partial charge in [0, 0.05) is 90.8 Å². The molecule has 0 aromatic heterocycles. The quantitative estimate of drug-likeness (QED) is 0.0532. The molecule has 9 amide bonds. The Morgan fingerprint density at radius 1 is 0.344 bits per heavy atom. The zero-order valence-electron chi connectivity index (χ0n) is 49.3. The van der Waals surface area contributed by atoms with E-state index in [0.29, 0.717) is 0 Å². The van der Waals surface area contributed by atoms with E-state index in [0.717, 1.165) is 14.7 Å². The summed E-state index contributed by atoms with van der Waals surface area (Å²) in [7, 11) is 3.98. The molecular weight excluding hydrogens is 2250 g/mol. The highest BCUT2D eigenvalue weighted by molar-refractivity contribution is 14.1. The Balaban J connectivity index is 2.09. The number of nitrogens with zero attached hydrogens (tertiary/aromatic N) is 6. The molecule has 39 heteroatoms. The van der Waals surface area contributed by atoms with Gasteiger partial charge < -0.3 is 107 Å². The second kappa shape index (κ2) is 39.3. The molecule has 93 heavy (non-hydrogen) atoms. The van der Waals surface area contributed by atoms with E-state index in [1.165, 1.54) is 35.8 Å². The molecule has 516 valence electrons. The van der Waals surface area contributed by atoms with Gasteiger partial charge >= 0.3 is 0 Å². The van der Waals surface area contributed by atoms with Crippen LogP contribution in [0.1, 0.15) is 81.4 Å².